The van der Waals surface area contributed by atoms with E-state index in [1.165, 1.54) is 31.3 Å². The Morgan fingerprint density at radius 2 is 1.86 bits per heavy atom. The standard InChI is InChI=1S/C14H16FN3O2S/c1-9-5-10(15)7-11(6-9)18-14-4-3-12(8-13(14)16)21(19,20)17-2/h3-8,17-18H,16H2,1-2H3. The number of sulfonamides is 1. The van der Waals surface area contributed by atoms with Gasteiger partial charge in [-0.05, 0) is 55.9 Å². The van der Waals surface area contributed by atoms with Crippen molar-refractivity contribution in [2.24, 2.45) is 0 Å². The maximum atomic E-state index is 13.3. The molecule has 0 saturated heterocycles. The van der Waals surface area contributed by atoms with Gasteiger partial charge in [0.25, 0.3) is 0 Å². The Morgan fingerprint density at radius 3 is 2.43 bits per heavy atom. The molecule has 2 rings (SSSR count). The van der Waals surface area contributed by atoms with Crippen LogP contribution >= 0.6 is 0 Å². The van der Waals surface area contributed by atoms with E-state index in [1.807, 2.05) is 0 Å². The molecule has 0 spiro atoms. The number of rotatable bonds is 4. The molecule has 0 aromatic heterocycles. The predicted molar refractivity (Wildman–Crippen MR) is 81.5 cm³/mol. The highest BCUT2D eigenvalue weighted by Gasteiger charge is 2.13. The van der Waals surface area contributed by atoms with Crippen molar-refractivity contribution in [2.75, 3.05) is 18.1 Å². The van der Waals surface area contributed by atoms with Gasteiger partial charge in [0.15, 0.2) is 0 Å². The second kappa shape index (κ2) is 5.71. The number of hydrogen-bond acceptors (Lipinski definition) is 4. The molecule has 0 unspecified atom stereocenters. The first-order chi connectivity index (χ1) is 9.81. The predicted octanol–water partition coefficient (Wildman–Crippen LogP) is 2.37. The van der Waals surface area contributed by atoms with Gasteiger partial charge in [0.1, 0.15) is 5.82 Å². The van der Waals surface area contributed by atoms with Gasteiger partial charge < -0.3 is 11.1 Å². The molecule has 0 aliphatic rings. The first-order valence-electron chi connectivity index (χ1n) is 6.19. The molecule has 4 N–H and O–H groups in total. The van der Waals surface area contributed by atoms with E-state index in [0.29, 0.717) is 11.4 Å². The van der Waals surface area contributed by atoms with Crippen LogP contribution in [0.5, 0.6) is 0 Å². The van der Waals surface area contributed by atoms with Crippen LogP contribution in [0.3, 0.4) is 0 Å². The summed E-state index contributed by atoms with van der Waals surface area (Å²) in [5, 5.41) is 2.97. The zero-order valence-corrected chi connectivity index (χ0v) is 12.5. The lowest BCUT2D eigenvalue weighted by Gasteiger charge is -2.12. The highest BCUT2D eigenvalue weighted by Crippen LogP contribution is 2.26. The molecule has 2 aromatic rings. The molecule has 7 heteroatoms. The van der Waals surface area contributed by atoms with Gasteiger partial charge in [-0.1, -0.05) is 0 Å². The van der Waals surface area contributed by atoms with Crippen molar-refractivity contribution in [2.45, 2.75) is 11.8 Å². The van der Waals surface area contributed by atoms with Crippen molar-refractivity contribution in [1.29, 1.82) is 0 Å². The Kier molecular flexibility index (Phi) is 4.15. The third kappa shape index (κ3) is 3.50. The smallest absolute Gasteiger partial charge is 0.240 e. The molecule has 21 heavy (non-hydrogen) atoms. The molecule has 0 heterocycles. The minimum Gasteiger partial charge on any atom is -0.397 e. The van der Waals surface area contributed by atoms with E-state index in [2.05, 4.69) is 10.0 Å². The number of benzene rings is 2. The van der Waals surface area contributed by atoms with Crippen molar-refractivity contribution in [1.82, 2.24) is 4.72 Å². The minimum atomic E-state index is -3.54. The van der Waals surface area contributed by atoms with Crippen LogP contribution < -0.4 is 15.8 Å². The summed E-state index contributed by atoms with van der Waals surface area (Å²) in [4.78, 5) is 0.0727. The average Bonchev–Trinajstić information content (AvgIpc) is 2.40. The number of nitrogens with two attached hydrogens (primary N) is 1. The lowest BCUT2D eigenvalue weighted by molar-refractivity contribution is 0.588. The number of aryl methyl sites for hydroxylation is 1. The summed E-state index contributed by atoms with van der Waals surface area (Å²) in [6.07, 6.45) is 0. The van der Waals surface area contributed by atoms with E-state index in [1.54, 1.807) is 19.1 Å². The van der Waals surface area contributed by atoms with Gasteiger partial charge in [0, 0.05) is 5.69 Å². The second-order valence-corrected chi connectivity index (χ2v) is 6.49. The van der Waals surface area contributed by atoms with Gasteiger partial charge >= 0.3 is 0 Å². The van der Waals surface area contributed by atoms with Gasteiger partial charge in [-0.3, -0.25) is 0 Å². The van der Waals surface area contributed by atoms with Crippen molar-refractivity contribution in [3.8, 4) is 0 Å². The third-order valence-corrected chi connectivity index (χ3v) is 4.34. The lowest BCUT2D eigenvalue weighted by Crippen LogP contribution is -2.18. The van der Waals surface area contributed by atoms with Crippen molar-refractivity contribution < 1.29 is 12.8 Å². The van der Waals surface area contributed by atoms with Crippen LogP contribution in [-0.2, 0) is 10.0 Å². The Balaban J connectivity index is 2.34. The summed E-state index contributed by atoms with van der Waals surface area (Å²) in [7, 11) is -2.21. The molecule has 0 bridgehead atoms. The molecule has 2 aromatic carbocycles. The van der Waals surface area contributed by atoms with Crippen molar-refractivity contribution >= 4 is 27.1 Å². The lowest BCUT2D eigenvalue weighted by atomic mass is 10.2. The average molecular weight is 309 g/mol. The molecule has 5 nitrogen and oxygen atoms in total. The quantitative estimate of drug-likeness (QED) is 0.757. The maximum Gasteiger partial charge on any atom is 0.240 e. The topological polar surface area (TPSA) is 84.2 Å². The van der Waals surface area contributed by atoms with Crippen LogP contribution in [0.25, 0.3) is 0 Å². The van der Waals surface area contributed by atoms with E-state index in [0.717, 1.165) is 5.56 Å². The summed E-state index contributed by atoms with van der Waals surface area (Å²) < 4.78 is 38.9. The van der Waals surface area contributed by atoms with E-state index in [4.69, 9.17) is 5.73 Å². The largest absolute Gasteiger partial charge is 0.397 e. The van der Waals surface area contributed by atoms with Gasteiger partial charge in [-0.25, -0.2) is 17.5 Å². The Morgan fingerprint density at radius 1 is 1.14 bits per heavy atom. The number of nitrogen functional groups attached to an aromatic ring is 1. The first-order valence-corrected chi connectivity index (χ1v) is 7.67. The normalized spacial score (nSPS) is 11.4. The van der Waals surface area contributed by atoms with Gasteiger partial charge in [0.05, 0.1) is 16.3 Å². The van der Waals surface area contributed by atoms with Crippen LogP contribution in [0.15, 0.2) is 41.3 Å². The Bertz CT molecular complexity index is 756. The fourth-order valence-corrected chi connectivity index (χ4v) is 2.67. The first kappa shape index (κ1) is 15.3. The summed E-state index contributed by atoms with van der Waals surface area (Å²) in [6, 6.07) is 8.83. The summed E-state index contributed by atoms with van der Waals surface area (Å²) in [5.74, 6) is -0.356. The summed E-state index contributed by atoms with van der Waals surface area (Å²) in [6.45, 7) is 1.78. The maximum absolute atomic E-state index is 13.3. The molecular weight excluding hydrogens is 293 g/mol. The molecule has 0 amide bonds. The zero-order chi connectivity index (χ0) is 15.6. The SMILES string of the molecule is CNS(=O)(=O)c1ccc(Nc2cc(C)cc(F)c2)c(N)c1. The van der Waals surface area contributed by atoms with E-state index < -0.39 is 10.0 Å². The number of hydrogen-bond donors (Lipinski definition) is 3. The summed E-state index contributed by atoms with van der Waals surface area (Å²) in [5.41, 5.74) is 7.93. The van der Waals surface area contributed by atoms with Crippen LogP contribution in [0.4, 0.5) is 21.5 Å². The fourth-order valence-electron chi connectivity index (χ4n) is 1.90. The molecule has 0 aliphatic carbocycles. The highest BCUT2D eigenvalue weighted by atomic mass is 32.2. The van der Waals surface area contributed by atoms with E-state index >= 15 is 0 Å². The molecule has 0 radical (unpaired) electrons. The fraction of sp³-hybridized carbons (Fsp3) is 0.143. The van der Waals surface area contributed by atoms with E-state index in [-0.39, 0.29) is 16.4 Å². The molecule has 0 aliphatic heterocycles. The highest BCUT2D eigenvalue weighted by molar-refractivity contribution is 7.89. The monoisotopic (exact) mass is 309 g/mol. The zero-order valence-electron chi connectivity index (χ0n) is 11.6. The van der Waals surface area contributed by atoms with Crippen LogP contribution in [0, 0.1) is 12.7 Å². The van der Waals surface area contributed by atoms with Gasteiger partial charge in [-0.2, -0.15) is 0 Å². The van der Waals surface area contributed by atoms with Crippen molar-refractivity contribution in [3.05, 3.63) is 47.8 Å². The molecule has 0 fully saturated rings. The van der Waals surface area contributed by atoms with E-state index in [9.17, 15) is 12.8 Å². The van der Waals surface area contributed by atoms with Crippen LogP contribution in [0.2, 0.25) is 0 Å². The van der Waals surface area contributed by atoms with Gasteiger partial charge in [-0.15, -0.1) is 0 Å². The molecule has 0 atom stereocenters. The summed E-state index contributed by atoms with van der Waals surface area (Å²) >= 11 is 0. The van der Waals surface area contributed by atoms with Crippen molar-refractivity contribution in [3.63, 3.8) is 0 Å². The second-order valence-electron chi connectivity index (χ2n) is 4.60. The molecule has 0 saturated carbocycles. The molecule has 112 valence electrons. The van der Waals surface area contributed by atoms with Crippen LogP contribution in [-0.4, -0.2) is 15.5 Å². The molecular formula is C14H16FN3O2S. The number of halogens is 1. The Hall–Kier alpha value is -2.12. The van der Waals surface area contributed by atoms with Gasteiger partial charge in [0.2, 0.25) is 10.0 Å². The third-order valence-electron chi connectivity index (χ3n) is 2.92. The Labute approximate surface area is 123 Å². The number of anilines is 3. The van der Waals surface area contributed by atoms with Crippen LogP contribution in [0.1, 0.15) is 5.56 Å². The number of nitrogens with one attached hydrogen (secondary N) is 2. The minimum absolute atomic E-state index is 0.0727.